The molecule has 1 rings (SSSR count). The van der Waals surface area contributed by atoms with Crippen molar-refractivity contribution in [3.05, 3.63) is 0 Å². The molecule has 0 atom stereocenters. The highest BCUT2D eigenvalue weighted by molar-refractivity contribution is 5.75. The van der Waals surface area contributed by atoms with Crippen LogP contribution in [0.25, 0.3) is 0 Å². The molecule has 11 heavy (non-hydrogen) atoms. The summed E-state index contributed by atoms with van der Waals surface area (Å²) in [6.07, 6.45) is 2.38. The number of nitrogens with two attached hydrogens (primary N) is 2. The average Bonchev–Trinajstić information content (AvgIpc) is 2.03. The van der Waals surface area contributed by atoms with Gasteiger partial charge in [0, 0.05) is 6.54 Å². The van der Waals surface area contributed by atoms with Gasteiger partial charge in [-0.25, -0.2) is 0 Å². The summed E-state index contributed by atoms with van der Waals surface area (Å²) < 4.78 is 0. The Morgan fingerprint density at radius 1 is 1.36 bits per heavy atom. The topological polar surface area (TPSA) is 76.4 Å². The molecule has 4 heteroatoms. The first-order valence-corrected chi connectivity index (χ1v) is 4.05. The molecule has 4 nitrogen and oxygen atoms in total. The van der Waals surface area contributed by atoms with E-state index in [1.54, 1.807) is 0 Å². The van der Waals surface area contributed by atoms with E-state index < -0.39 is 0 Å². The van der Waals surface area contributed by atoms with Crippen molar-refractivity contribution in [1.82, 2.24) is 5.32 Å². The van der Waals surface area contributed by atoms with E-state index in [0.717, 1.165) is 19.6 Å². The molecule has 0 amide bonds. The third kappa shape index (κ3) is 3.23. The van der Waals surface area contributed by atoms with Gasteiger partial charge in [0.2, 0.25) is 0 Å². The van der Waals surface area contributed by atoms with E-state index in [1.165, 1.54) is 12.8 Å². The van der Waals surface area contributed by atoms with Crippen molar-refractivity contribution >= 4 is 5.96 Å². The Morgan fingerprint density at radius 2 is 2.00 bits per heavy atom. The summed E-state index contributed by atoms with van der Waals surface area (Å²) in [5, 5.41) is 3.29. The Balaban J connectivity index is 2.19. The molecule has 0 saturated carbocycles. The van der Waals surface area contributed by atoms with E-state index in [9.17, 15) is 0 Å². The van der Waals surface area contributed by atoms with Gasteiger partial charge < -0.3 is 16.8 Å². The van der Waals surface area contributed by atoms with E-state index in [2.05, 4.69) is 10.3 Å². The van der Waals surface area contributed by atoms with E-state index in [0.29, 0.717) is 5.92 Å². The number of nitrogens with one attached hydrogen (secondary N) is 1. The number of aliphatic imine (C=N–C) groups is 1. The fourth-order valence-electron chi connectivity index (χ4n) is 1.30. The lowest BCUT2D eigenvalue weighted by Crippen LogP contribution is -2.30. The first kappa shape index (κ1) is 8.33. The molecule has 0 aromatic carbocycles. The summed E-state index contributed by atoms with van der Waals surface area (Å²) in [6, 6.07) is 0. The Kier molecular flexibility index (Phi) is 3.16. The highest BCUT2D eigenvalue weighted by Gasteiger charge is 2.11. The van der Waals surface area contributed by atoms with E-state index in [-0.39, 0.29) is 5.96 Å². The van der Waals surface area contributed by atoms with Gasteiger partial charge in [-0.1, -0.05) is 0 Å². The monoisotopic (exact) mass is 156 g/mol. The molecule has 1 heterocycles. The van der Waals surface area contributed by atoms with Crippen LogP contribution >= 0.6 is 0 Å². The average molecular weight is 156 g/mol. The van der Waals surface area contributed by atoms with Gasteiger partial charge in [0.05, 0.1) is 0 Å². The van der Waals surface area contributed by atoms with Gasteiger partial charge in [-0.15, -0.1) is 0 Å². The third-order valence-electron chi connectivity index (χ3n) is 1.99. The quantitative estimate of drug-likeness (QED) is 0.364. The normalized spacial score (nSPS) is 19.6. The predicted molar refractivity (Wildman–Crippen MR) is 46.3 cm³/mol. The van der Waals surface area contributed by atoms with Gasteiger partial charge in [0.1, 0.15) is 0 Å². The van der Waals surface area contributed by atoms with Crippen LogP contribution in [0.3, 0.4) is 0 Å². The van der Waals surface area contributed by atoms with Gasteiger partial charge in [-0.05, 0) is 31.8 Å². The minimum atomic E-state index is 0.212. The number of guanidine groups is 1. The van der Waals surface area contributed by atoms with Gasteiger partial charge in [-0.2, -0.15) is 0 Å². The van der Waals surface area contributed by atoms with E-state index >= 15 is 0 Å². The summed E-state index contributed by atoms with van der Waals surface area (Å²) in [5.74, 6) is 0.891. The van der Waals surface area contributed by atoms with Crippen molar-refractivity contribution in [1.29, 1.82) is 0 Å². The standard InChI is InChI=1S/C7H16N4/c8-7(9)11-5-6-1-3-10-4-2-6/h6,10H,1-5H2,(H4,8,9,11). The van der Waals surface area contributed by atoms with Crippen molar-refractivity contribution in [2.24, 2.45) is 22.4 Å². The molecule has 0 aromatic rings. The van der Waals surface area contributed by atoms with Gasteiger partial charge in [0.15, 0.2) is 5.96 Å². The van der Waals surface area contributed by atoms with Crippen LogP contribution in [0.2, 0.25) is 0 Å². The molecule has 5 N–H and O–H groups in total. The highest BCUT2D eigenvalue weighted by Crippen LogP contribution is 2.10. The van der Waals surface area contributed by atoms with Crippen LogP contribution < -0.4 is 16.8 Å². The maximum Gasteiger partial charge on any atom is 0.185 e. The fourth-order valence-corrected chi connectivity index (χ4v) is 1.30. The second-order valence-electron chi connectivity index (χ2n) is 2.96. The lowest BCUT2D eigenvalue weighted by Gasteiger charge is -2.20. The molecular formula is C7H16N4. The Bertz CT molecular complexity index is 133. The summed E-state index contributed by atoms with van der Waals surface area (Å²) in [6.45, 7) is 3.00. The molecule has 0 aromatic heterocycles. The number of nitrogens with zero attached hydrogens (tertiary/aromatic N) is 1. The molecule has 1 aliphatic rings. The van der Waals surface area contributed by atoms with Crippen LogP contribution in [0.4, 0.5) is 0 Å². The van der Waals surface area contributed by atoms with E-state index in [4.69, 9.17) is 11.5 Å². The molecular weight excluding hydrogens is 140 g/mol. The second-order valence-corrected chi connectivity index (χ2v) is 2.96. The lowest BCUT2D eigenvalue weighted by atomic mass is 9.99. The molecule has 0 bridgehead atoms. The number of piperidine rings is 1. The predicted octanol–water partition coefficient (Wildman–Crippen LogP) is -0.741. The Hall–Kier alpha value is -0.770. The van der Waals surface area contributed by atoms with Crippen LogP contribution in [-0.2, 0) is 0 Å². The van der Waals surface area contributed by atoms with Crippen LogP contribution in [0.5, 0.6) is 0 Å². The minimum Gasteiger partial charge on any atom is -0.370 e. The summed E-state index contributed by atoms with van der Waals surface area (Å²) in [5.41, 5.74) is 10.4. The van der Waals surface area contributed by atoms with Crippen molar-refractivity contribution < 1.29 is 0 Å². The van der Waals surface area contributed by atoms with Crippen LogP contribution in [0.15, 0.2) is 4.99 Å². The molecule has 64 valence electrons. The zero-order valence-electron chi connectivity index (χ0n) is 6.71. The summed E-state index contributed by atoms with van der Waals surface area (Å²) in [7, 11) is 0. The smallest absolute Gasteiger partial charge is 0.185 e. The van der Waals surface area contributed by atoms with Crippen LogP contribution in [0.1, 0.15) is 12.8 Å². The number of hydrogen-bond donors (Lipinski definition) is 3. The Morgan fingerprint density at radius 3 is 2.55 bits per heavy atom. The summed E-state index contributed by atoms with van der Waals surface area (Å²) in [4.78, 5) is 3.99. The van der Waals surface area contributed by atoms with Crippen LogP contribution in [0, 0.1) is 5.92 Å². The zero-order chi connectivity index (χ0) is 8.10. The molecule has 0 radical (unpaired) electrons. The van der Waals surface area contributed by atoms with Crippen molar-refractivity contribution in [2.45, 2.75) is 12.8 Å². The second kappa shape index (κ2) is 4.18. The largest absolute Gasteiger partial charge is 0.370 e. The zero-order valence-corrected chi connectivity index (χ0v) is 6.71. The maximum absolute atomic E-state index is 5.22. The van der Waals surface area contributed by atoms with Crippen molar-refractivity contribution in [3.8, 4) is 0 Å². The maximum atomic E-state index is 5.22. The fraction of sp³-hybridized carbons (Fsp3) is 0.857. The van der Waals surface area contributed by atoms with Gasteiger partial charge in [0.25, 0.3) is 0 Å². The Labute approximate surface area is 67.0 Å². The van der Waals surface area contributed by atoms with Crippen LogP contribution in [-0.4, -0.2) is 25.6 Å². The molecule has 0 spiro atoms. The molecule has 1 saturated heterocycles. The van der Waals surface area contributed by atoms with Crippen molar-refractivity contribution in [3.63, 3.8) is 0 Å². The molecule has 1 aliphatic heterocycles. The molecule has 0 unspecified atom stereocenters. The van der Waals surface area contributed by atoms with Crippen molar-refractivity contribution in [2.75, 3.05) is 19.6 Å². The highest BCUT2D eigenvalue weighted by atomic mass is 15.0. The van der Waals surface area contributed by atoms with Gasteiger partial charge in [-0.3, -0.25) is 4.99 Å². The summed E-state index contributed by atoms with van der Waals surface area (Å²) >= 11 is 0. The molecule has 1 fully saturated rings. The lowest BCUT2D eigenvalue weighted by molar-refractivity contribution is 0.383. The SMILES string of the molecule is NC(N)=NCC1CCNCC1. The van der Waals surface area contributed by atoms with Gasteiger partial charge >= 0.3 is 0 Å². The first-order valence-electron chi connectivity index (χ1n) is 4.05. The minimum absolute atomic E-state index is 0.212. The third-order valence-corrected chi connectivity index (χ3v) is 1.99. The van der Waals surface area contributed by atoms with E-state index in [1.807, 2.05) is 0 Å². The molecule has 0 aliphatic carbocycles. The first-order chi connectivity index (χ1) is 5.29. The number of rotatable bonds is 2. The number of hydrogen-bond acceptors (Lipinski definition) is 2.